The fourth-order valence-electron chi connectivity index (χ4n) is 1.96. The number of aromatic nitrogens is 1. The van der Waals surface area contributed by atoms with Gasteiger partial charge < -0.3 is 14.3 Å². The molecule has 0 aliphatic heterocycles. The molecule has 0 bridgehead atoms. The van der Waals surface area contributed by atoms with Crippen LogP contribution in [0.15, 0.2) is 21.1 Å². The molecule has 19 heavy (non-hydrogen) atoms. The van der Waals surface area contributed by atoms with E-state index < -0.39 is 0 Å². The SMILES string of the molecule is Cc1ccc([C@@H](C)NC(=O)Cc2c(C)noc2C)o1. The molecular weight excluding hydrogens is 244 g/mol. The molecule has 102 valence electrons. The van der Waals surface area contributed by atoms with E-state index >= 15 is 0 Å². The minimum Gasteiger partial charge on any atom is -0.464 e. The van der Waals surface area contributed by atoms with Crippen LogP contribution in [0.1, 0.15) is 41.5 Å². The Morgan fingerprint density at radius 3 is 2.63 bits per heavy atom. The van der Waals surface area contributed by atoms with Gasteiger partial charge in [-0.1, -0.05) is 5.16 Å². The van der Waals surface area contributed by atoms with Crippen LogP contribution in [0.5, 0.6) is 0 Å². The summed E-state index contributed by atoms with van der Waals surface area (Å²) in [5, 5.41) is 6.74. The van der Waals surface area contributed by atoms with E-state index in [-0.39, 0.29) is 18.4 Å². The first-order chi connectivity index (χ1) is 8.97. The lowest BCUT2D eigenvalue weighted by atomic mass is 10.1. The van der Waals surface area contributed by atoms with Gasteiger partial charge in [0, 0.05) is 5.56 Å². The van der Waals surface area contributed by atoms with Crippen molar-refractivity contribution in [3.63, 3.8) is 0 Å². The molecule has 2 aromatic heterocycles. The van der Waals surface area contributed by atoms with Gasteiger partial charge in [0.2, 0.25) is 5.91 Å². The van der Waals surface area contributed by atoms with Crippen molar-refractivity contribution in [1.82, 2.24) is 10.5 Å². The summed E-state index contributed by atoms with van der Waals surface area (Å²) in [6, 6.07) is 3.60. The van der Waals surface area contributed by atoms with Crippen molar-refractivity contribution in [2.45, 2.75) is 40.2 Å². The summed E-state index contributed by atoms with van der Waals surface area (Å²) in [6.45, 7) is 7.41. The minimum absolute atomic E-state index is 0.0732. The predicted molar refractivity (Wildman–Crippen MR) is 69.7 cm³/mol. The summed E-state index contributed by atoms with van der Waals surface area (Å²) in [6.07, 6.45) is 0.269. The molecule has 2 aromatic rings. The summed E-state index contributed by atoms with van der Waals surface area (Å²) < 4.78 is 10.5. The number of carbonyl (C=O) groups is 1. The van der Waals surface area contributed by atoms with Crippen molar-refractivity contribution in [1.29, 1.82) is 0 Å². The third-order valence-electron chi connectivity index (χ3n) is 3.08. The van der Waals surface area contributed by atoms with E-state index in [1.807, 2.05) is 39.8 Å². The maximum Gasteiger partial charge on any atom is 0.225 e. The monoisotopic (exact) mass is 262 g/mol. The molecule has 2 heterocycles. The standard InChI is InChI=1S/C14H18N2O3/c1-8-5-6-13(18-8)10(3)15-14(17)7-12-9(2)16-19-11(12)4/h5-6,10H,7H2,1-4H3,(H,15,17)/t10-/m1/s1. The number of furan rings is 1. The fourth-order valence-corrected chi connectivity index (χ4v) is 1.96. The molecule has 1 N–H and O–H groups in total. The molecule has 1 amide bonds. The summed E-state index contributed by atoms with van der Waals surface area (Å²) in [5.74, 6) is 2.21. The highest BCUT2D eigenvalue weighted by atomic mass is 16.5. The van der Waals surface area contributed by atoms with E-state index in [2.05, 4.69) is 10.5 Å². The highest BCUT2D eigenvalue weighted by Gasteiger charge is 2.16. The Morgan fingerprint density at radius 1 is 1.37 bits per heavy atom. The van der Waals surface area contributed by atoms with Gasteiger partial charge in [0.1, 0.15) is 17.3 Å². The largest absolute Gasteiger partial charge is 0.464 e. The van der Waals surface area contributed by atoms with Crippen LogP contribution in [-0.4, -0.2) is 11.1 Å². The first kappa shape index (κ1) is 13.4. The van der Waals surface area contributed by atoms with Crippen molar-refractivity contribution in [2.24, 2.45) is 0 Å². The lowest BCUT2D eigenvalue weighted by molar-refractivity contribution is -0.121. The Hall–Kier alpha value is -2.04. The molecule has 2 rings (SSSR count). The van der Waals surface area contributed by atoms with Gasteiger partial charge >= 0.3 is 0 Å². The van der Waals surface area contributed by atoms with Gasteiger partial charge in [0.25, 0.3) is 0 Å². The lowest BCUT2D eigenvalue weighted by Gasteiger charge is -2.11. The van der Waals surface area contributed by atoms with Crippen LogP contribution in [-0.2, 0) is 11.2 Å². The second kappa shape index (κ2) is 5.30. The first-order valence-electron chi connectivity index (χ1n) is 6.25. The van der Waals surface area contributed by atoms with Crippen molar-refractivity contribution in [2.75, 3.05) is 0 Å². The van der Waals surface area contributed by atoms with Crippen LogP contribution in [0.25, 0.3) is 0 Å². The van der Waals surface area contributed by atoms with E-state index in [0.29, 0.717) is 5.76 Å². The summed E-state index contributed by atoms with van der Waals surface area (Å²) >= 11 is 0. The lowest BCUT2D eigenvalue weighted by Crippen LogP contribution is -2.28. The summed E-state index contributed by atoms with van der Waals surface area (Å²) in [4.78, 5) is 12.0. The molecule has 5 nitrogen and oxygen atoms in total. The molecular formula is C14H18N2O3. The zero-order chi connectivity index (χ0) is 14.0. The van der Waals surface area contributed by atoms with E-state index in [9.17, 15) is 4.79 Å². The Kier molecular flexibility index (Phi) is 3.74. The number of hydrogen-bond donors (Lipinski definition) is 1. The zero-order valence-electron chi connectivity index (χ0n) is 11.6. The number of amides is 1. The van der Waals surface area contributed by atoms with Crippen molar-refractivity contribution in [3.05, 3.63) is 40.7 Å². The van der Waals surface area contributed by atoms with E-state index in [0.717, 1.165) is 22.8 Å². The number of rotatable bonds is 4. The van der Waals surface area contributed by atoms with Gasteiger partial charge in [0.15, 0.2) is 0 Å². The molecule has 0 spiro atoms. The average Bonchev–Trinajstić information content (AvgIpc) is 2.90. The minimum atomic E-state index is -0.151. The maximum atomic E-state index is 12.0. The molecule has 1 atom stereocenters. The maximum absolute atomic E-state index is 12.0. The number of nitrogens with zero attached hydrogens (tertiary/aromatic N) is 1. The molecule has 0 saturated carbocycles. The van der Waals surface area contributed by atoms with Crippen molar-refractivity contribution in [3.8, 4) is 0 Å². The Labute approximate surface area is 112 Å². The van der Waals surface area contributed by atoms with Crippen molar-refractivity contribution >= 4 is 5.91 Å². The molecule has 0 aliphatic carbocycles. The van der Waals surface area contributed by atoms with Crippen LogP contribution < -0.4 is 5.32 Å². The van der Waals surface area contributed by atoms with Gasteiger partial charge in [0.05, 0.1) is 18.2 Å². The van der Waals surface area contributed by atoms with E-state index in [1.54, 1.807) is 0 Å². The number of nitrogens with one attached hydrogen (secondary N) is 1. The van der Waals surface area contributed by atoms with Crippen molar-refractivity contribution < 1.29 is 13.7 Å². The normalized spacial score (nSPS) is 12.4. The highest BCUT2D eigenvalue weighted by Crippen LogP contribution is 2.17. The fraction of sp³-hybridized carbons (Fsp3) is 0.429. The van der Waals surface area contributed by atoms with E-state index in [1.165, 1.54) is 0 Å². The number of hydrogen-bond acceptors (Lipinski definition) is 4. The molecule has 0 saturated heterocycles. The first-order valence-corrected chi connectivity index (χ1v) is 6.25. The van der Waals surface area contributed by atoms with Gasteiger partial charge in [-0.15, -0.1) is 0 Å². The highest BCUT2D eigenvalue weighted by molar-refractivity contribution is 5.79. The molecule has 0 unspecified atom stereocenters. The number of aryl methyl sites for hydroxylation is 3. The summed E-state index contributed by atoms with van der Waals surface area (Å²) in [7, 11) is 0. The van der Waals surface area contributed by atoms with Gasteiger partial charge in [-0.05, 0) is 39.8 Å². The molecule has 0 aliphatic rings. The second-order valence-electron chi connectivity index (χ2n) is 4.72. The van der Waals surface area contributed by atoms with Gasteiger partial charge in [-0.2, -0.15) is 0 Å². The Balaban J connectivity index is 1.98. The molecule has 5 heteroatoms. The van der Waals surface area contributed by atoms with Crippen LogP contribution in [0.4, 0.5) is 0 Å². The second-order valence-corrected chi connectivity index (χ2v) is 4.72. The van der Waals surface area contributed by atoms with Gasteiger partial charge in [-0.3, -0.25) is 4.79 Å². The average molecular weight is 262 g/mol. The third kappa shape index (κ3) is 3.05. The topological polar surface area (TPSA) is 68.3 Å². The quantitative estimate of drug-likeness (QED) is 0.919. The van der Waals surface area contributed by atoms with Crippen LogP contribution in [0.2, 0.25) is 0 Å². The number of carbonyl (C=O) groups excluding carboxylic acids is 1. The van der Waals surface area contributed by atoms with Crippen LogP contribution >= 0.6 is 0 Å². The van der Waals surface area contributed by atoms with Crippen LogP contribution in [0.3, 0.4) is 0 Å². The Morgan fingerprint density at radius 2 is 2.11 bits per heavy atom. The van der Waals surface area contributed by atoms with Gasteiger partial charge in [-0.25, -0.2) is 0 Å². The predicted octanol–water partition coefficient (Wildman–Crippen LogP) is 2.61. The van der Waals surface area contributed by atoms with E-state index in [4.69, 9.17) is 8.94 Å². The summed E-state index contributed by atoms with van der Waals surface area (Å²) in [5.41, 5.74) is 1.61. The molecule has 0 fully saturated rings. The molecule has 0 radical (unpaired) electrons. The third-order valence-corrected chi connectivity index (χ3v) is 3.08. The molecule has 0 aromatic carbocycles. The zero-order valence-corrected chi connectivity index (χ0v) is 11.6. The smallest absolute Gasteiger partial charge is 0.225 e. The Bertz CT molecular complexity index is 564. The van der Waals surface area contributed by atoms with Crippen LogP contribution in [0, 0.1) is 20.8 Å².